The Morgan fingerprint density at radius 2 is 2.06 bits per heavy atom. The molecule has 3 nitrogen and oxygen atoms in total. The summed E-state index contributed by atoms with van der Waals surface area (Å²) < 4.78 is 0. The van der Waals surface area contributed by atoms with Crippen LogP contribution in [0.1, 0.15) is 12.5 Å². The second-order valence-electron chi connectivity index (χ2n) is 3.55. The maximum absolute atomic E-state index is 10.8. The Morgan fingerprint density at radius 3 is 2.81 bits per heavy atom. The van der Waals surface area contributed by atoms with Gasteiger partial charge in [-0.1, -0.05) is 24.3 Å². The monoisotopic (exact) mass is 213 g/mol. The van der Waals surface area contributed by atoms with Crippen molar-refractivity contribution in [2.45, 2.75) is 6.92 Å². The van der Waals surface area contributed by atoms with Crippen molar-refractivity contribution in [2.75, 3.05) is 0 Å². The third-order valence-electron chi connectivity index (χ3n) is 2.37. The van der Waals surface area contributed by atoms with Crippen molar-refractivity contribution in [3.8, 4) is 0 Å². The van der Waals surface area contributed by atoms with Crippen molar-refractivity contribution in [2.24, 2.45) is 0 Å². The summed E-state index contributed by atoms with van der Waals surface area (Å²) in [5, 5.41) is 9.84. The Bertz CT molecular complexity index is 568. The van der Waals surface area contributed by atoms with Gasteiger partial charge in [-0.25, -0.2) is 4.79 Å². The molecule has 1 heterocycles. The molecule has 0 aliphatic heterocycles. The van der Waals surface area contributed by atoms with Crippen molar-refractivity contribution in [1.29, 1.82) is 0 Å². The van der Waals surface area contributed by atoms with Crippen molar-refractivity contribution < 1.29 is 9.90 Å². The molecule has 3 heteroatoms. The molecule has 2 rings (SSSR count). The van der Waals surface area contributed by atoms with Gasteiger partial charge in [-0.05, 0) is 19.1 Å². The molecule has 0 fully saturated rings. The van der Waals surface area contributed by atoms with Crippen molar-refractivity contribution in [3.63, 3.8) is 0 Å². The number of rotatable bonds is 2. The number of hydrogen-bond donors (Lipinski definition) is 1. The lowest BCUT2D eigenvalue weighted by Gasteiger charge is -2.01. The highest BCUT2D eigenvalue weighted by Crippen LogP contribution is 2.18. The minimum Gasteiger partial charge on any atom is -0.478 e. The van der Waals surface area contributed by atoms with Gasteiger partial charge in [-0.2, -0.15) is 0 Å². The predicted molar refractivity (Wildman–Crippen MR) is 63.0 cm³/mol. The summed E-state index contributed by atoms with van der Waals surface area (Å²) in [6.07, 6.45) is 3.34. The number of pyridine rings is 1. The molecule has 80 valence electrons. The fourth-order valence-corrected chi connectivity index (χ4v) is 1.54. The molecule has 1 aromatic heterocycles. The highest BCUT2D eigenvalue weighted by Gasteiger charge is 2.03. The van der Waals surface area contributed by atoms with Crippen molar-refractivity contribution >= 4 is 22.9 Å². The van der Waals surface area contributed by atoms with E-state index >= 15 is 0 Å². The molecular formula is C13H11NO2. The molecule has 0 bridgehead atoms. The number of aliphatic carboxylic acids is 1. The van der Waals surface area contributed by atoms with E-state index in [-0.39, 0.29) is 0 Å². The zero-order valence-electron chi connectivity index (χ0n) is 8.84. The minimum absolute atomic E-state index is 0.304. The number of benzene rings is 1. The van der Waals surface area contributed by atoms with E-state index in [1.807, 2.05) is 30.3 Å². The molecule has 16 heavy (non-hydrogen) atoms. The first-order chi connectivity index (χ1) is 7.68. The number of para-hydroxylation sites is 1. The summed E-state index contributed by atoms with van der Waals surface area (Å²) in [6, 6.07) is 9.53. The average Bonchev–Trinajstić information content (AvgIpc) is 2.29. The van der Waals surface area contributed by atoms with Crippen LogP contribution in [0.25, 0.3) is 17.0 Å². The van der Waals surface area contributed by atoms with Gasteiger partial charge >= 0.3 is 5.97 Å². The first kappa shape index (κ1) is 10.4. The van der Waals surface area contributed by atoms with Gasteiger partial charge in [-0.3, -0.25) is 4.98 Å². The largest absolute Gasteiger partial charge is 0.478 e. The van der Waals surface area contributed by atoms with Crippen LogP contribution in [-0.4, -0.2) is 16.1 Å². The Kier molecular flexibility index (Phi) is 2.68. The number of carboxylic acid groups (broad SMARTS) is 1. The van der Waals surface area contributed by atoms with E-state index in [1.165, 1.54) is 0 Å². The van der Waals surface area contributed by atoms with E-state index in [4.69, 9.17) is 5.11 Å². The number of carbonyl (C=O) groups is 1. The first-order valence-corrected chi connectivity index (χ1v) is 4.94. The Labute approximate surface area is 93.1 Å². The van der Waals surface area contributed by atoms with Crippen LogP contribution < -0.4 is 0 Å². The second-order valence-corrected chi connectivity index (χ2v) is 3.55. The highest BCUT2D eigenvalue weighted by molar-refractivity contribution is 5.95. The van der Waals surface area contributed by atoms with Crippen LogP contribution in [0.15, 0.2) is 42.1 Å². The van der Waals surface area contributed by atoms with Crippen LogP contribution in [0.5, 0.6) is 0 Å². The molecule has 0 atom stereocenters. The van der Waals surface area contributed by atoms with Crippen LogP contribution in [0.4, 0.5) is 0 Å². The van der Waals surface area contributed by atoms with Gasteiger partial charge in [0.05, 0.1) is 5.52 Å². The topological polar surface area (TPSA) is 50.2 Å². The summed E-state index contributed by atoms with van der Waals surface area (Å²) in [4.78, 5) is 15.0. The lowest BCUT2D eigenvalue weighted by atomic mass is 10.1. The van der Waals surface area contributed by atoms with Gasteiger partial charge in [0.2, 0.25) is 0 Å². The number of nitrogens with zero attached hydrogens (tertiary/aromatic N) is 1. The lowest BCUT2D eigenvalue weighted by Crippen LogP contribution is -1.95. The maximum atomic E-state index is 10.8. The molecule has 0 aliphatic rings. The standard InChI is InChI=1S/C13H11NO2/c1-9(13(15)16)8-11-5-2-4-10-6-3-7-14-12(10)11/h2-8H,1H3,(H,15,16)/b9-8+. The van der Waals surface area contributed by atoms with Crippen LogP contribution in [0.3, 0.4) is 0 Å². The fourth-order valence-electron chi connectivity index (χ4n) is 1.54. The Morgan fingerprint density at radius 1 is 1.31 bits per heavy atom. The van der Waals surface area contributed by atoms with Crippen LogP contribution in [-0.2, 0) is 4.79 Å². The molecule has 0 aliphatic carbocycles. The lowest BCUT2D eigenvalue weighted by molar-refractivity contribution is -0.132. The number of aromatic nitrogens is 1. The second kappa shape index (κ2) is 4.14. The van der Waals surface area contributed by atoms with Crippen LogP contribution >= 0.6 is 0 Å². The number of hydrogen-bond acceptors (Lipinski definition) is 2. The van der Waals surface area contributed by atoms with Crippen LogP contribution in [0.2, 0.25) is 0 Å². The maximum Gasteiger partial charge on any atom is 0.331 e. The van der Waals surface area contributed by atoms with Gasteiger partial charge < -0.3 is 5.11 Å². The third-order valence-corrected chi connectivity index (χ3v) is 2.37. The van der Waals surface area contributed by atoms with E-state index < -0.39 is 5.97 Å². The first-order valence-electron chi connectivity index (χ1n) is 4.94. The smallest absolute Gasteiger partial charge is 0.331 e. The van der Waals surface area contributed by atoms with E-state index in [0.29, 0.717) is 5.57 Å². The van der Waals surface area contributed by atoms with Gasteiger partial charge in [0, 0.05) is 22.7 Å². The Balaban J connectivity index is 2.61. The van der Waals surface area contributed by atoms with Gasteiger partial charge in [0.15, 0.2) is 0 Å². The molecule has 2 aromatic rings. The van der Waals surface area contributed by atoms with Crippen molar-refractivity contribution in [1.82, 2.24) is 4.98 Å². The fraction of sp³-hybridized carbons (Fsp3) is 0.0769. The summed E-state index contributed by atoms with van der Waals surface area (Å²) in [7, 11) is 0. The normalized spacial score (nSPS) is 11.7. The minimum atomic E-state index is -0.909. The van der Waals surface area contributed by atoms with Gasteiger partial charge in [0.25, 0.3) is 0 Å². The van der Waals surface area contributed by atoms with Gasteiger partial charge in [0.1, 0.15) is 0 Å². The van der Waals surface area contributed by atoms with E-state index in [9.17, 15) is 4.79 Å². The number of fused-ring (bicyclic) bond motifs is 1. The highest BCUT2D eigenvalue weighted by atomic mass is 16.4. The molecule has 0 saturated carbocycles. The molecule has 1 aromatic carbocycles. The SMILES string of the molecule is C/C(=C\c1cccc2cccnc12)C(=O)O. The zero-order chi connectivity index (χ0) is 11.5. The summed E-state index contributed by atoms with van der Waals surface area (Å²) in [5.74, 6) is -0.909. The summed E-state index contributed by atoms with van der Waals surface area (Å²) in [6.45, 7) is 1.57. The summed E-state index contributed by atoms with van der Waals surface area (Å²) >= 11 is 0. The average molecular weight is 213 g/mol. The molecule has 0 amide bonds. The molecule has 0 saturated heterocycles. The molecule has 0 unspecified atom stereocenters. The number of carboxylic acids is 1. The molecule has 1 N–H and O–H groups in total. The summed E-state index contributed by atoms with van der Waals surface area (Å²) in [5.41, 5.74) is 1.96. The van der Waals surface area contributed by atoms with E-state index in [0.717, 1.165) is 16.5 Å². The predicted octanol–water partition coefficient (Wildman–Crippen LogP) is 2.72. The Hall–Kier alpha value is -2.16. The van der Waals surface area contributed by atoms with Gasteiger partial charge in [-0.15, -0.1) is 0 Å². The molecule has 0 spiro atoms. The third kappa shape index (κ3) is 1.93. The van der Waals surface area contributed by atoms with E-state index in [1.54, 1.807) is 19.2 Å². The zero-order valence-corrected chi connectivity index (χ0v) is 8.84. The van der Waals surface area contributed by atoms with Crippen molar-refractivity contribution in [3.05, 3.63) is 47.7 Å². The molecular weight excluding hydrogens is 202 g/mol. The van der Waals surface area contributed by atoms with E-state index in [2.05, 4.69) is 4.98 Å². The molecule has 0 radical (unpaired) electrons. The quantitative estimate of drug-likeness (QED) is 0.780. The van der Waals surface area contributed by atoms with Crippen LogP contribution in [0, 0.1) is 0 Å².